The number of hydrogen-bond acceptors (Lipinski definition) is 4. The Labute approximate surface area is 134 Å². The number of aromatic nitrogens is 1. The minimum absolute atomic E-state index is 0.168. The van der Waals surface area contributed by atoms with Crippen molar-refractivity contribution in [1.29, 1.82) is 0 Å². The maximum atomic E-state index is 12.1. The maximum Gasteiger partial charge on any atom is 0.266 e. The highest BCUT2D eigenvalue weighted by Gasteiger charge is 2.22. The van der Waals surface area contributed by atoms with Crippen molar-refractivity contribution < 1.29 is 14.1 Å². The van der Waals surface area contributed by atoms with Crippen LogP contribution in [0.5, 0.6) is 5.75 Å². The molecule has 0 saturated heterocycles. The summed E-state index contributed by atoms with van der Waals surface area (Å²) in [6, 6.07) is 8.60. The molecule has 1 atom stereocenters. The van der Waals surface area contributed by atoms with E-state index in [0.29, 0.717) is 22.4 Å². The molecule has 0 aliphatic rings. The molecule has 6 heteroatoms. The van der Waals surface area contributed by atoms with Gasteiger partial charge in [-0.1, -0.05) is 43.6 Å². The summed E-state index contributed by atoms with van der Waals surface area (Å²) in [6.45, 7) is 7.67. The molecule has 22 heavy (non-hydrogen) atoms. The monoisotopic (exact) mass is 322 g/mol. The van der Waals surface area contributed by atoms with Crippen LogP contribution in [0.3, 0.4) is 0 Å². The van der Waals surface area contributed by atoms with Gasteiger partial charge >= 0.3 is 0 Å². The lowest BCUT2D eigenvalue weighted by Gasteiger charge is -2.14. The number of carbonyl (C=O) groups excluding carboxylic acids is 1. The average Bonchev–Trinajstić information content (AvgIpc) is 2.87. The van der Waals surface area contributed by atoms with Gasteiger partial charge in [0.1, 0.15) is 11.5 Å². The van der Waals surface area contributed by atoms with E-state index in [4.69, 9.17) is 20.9 Å². The lowest BCUT2D eigenvalue weighted by molar-refractivity contribution is -0.122. The molecular weight excluding hydrogens is 304 g/mol. The van der Waals surface area contributed by atoms with E-state index in [2.05, 4.69) is 10.5 Å². The number of carbonyl (C=O) groups is 1. The van der Waals surface area contributed by atoms with Crippen molar-refractivity contribution in [2.75, 3.05) is 5.32 Å². The lowest BCUT2D eigenvalue weighted by Crippen LogP contribution is -2.30. The van der Waals surface area contributed by atoms with Gasteiger partial charge in [-0.15, -0.1) is 0 Å². The highest BCUT2D eigenvalue weighted by molar-refractivity contribution is 6.30. The normalized spacial score (nSPS) is 12.8. The Hall–Kier alpha value is -2.01. The van der Waals surface area contributed by atoms with Crippen molar-refractivity contribution >= 4 is 23.3 Å². The Morgan fingerprint density at radius 3 is 2.68 bits per heavy atom. The van der Waals surface area contributed by atoms with E-state index in [1.54, 1.807) is 37.3 Å². The zero-order valence-corrected chi connectivity index (χ0v) is 13.8. The Morgan fingerprint density at radius 1 is 1.36 bits per heavy atom. The predicted octanol–water partition coefficient (Wildman–Crippen LogP) is 4.03. The summed E-state index contributed by atoms with van der Waals surface area (Å²) in [7, 11) is 0. The van der Waals surface area contributed by atoms with E-state index >= 15 is 0 Å². The van der Waals surface area contributed by atoms with Crippen molar-refractivity contribution in [2.45, 2.75) is 39.2 Å². The largest absolute Gasteiger partial charge is 0.481 e. The molecule has 0 radical (unpaired) electrons. The quantitative estimate of drug-likeness (QED) is 0.923. The molecule has 0 aliphatic carbocycles. The van der Waals surface area contributed by atoms with Crippen molar-refractivity contribution in [3.63, 3.8) is 0 Å². The summed E-state index contributed by atoms with van der Waals surface area (Å²) in [4.78, 5) is 12.1. The molecule has 1 heterocycles. The summed E-state index contributed by atoms with van der Waals surface area (Å²) in [5, 5.41) is 7.06. The second-order valence-electron chi connectivity index (χ2n) is 6.03. The molecule has 0 fully saturated rings. The molecule has 1 amide bonds. The van der Waals surface area contributed by atoms with Gasteiger partial charge < -0.3 is 14.6 Å². The van der Waals surface area contributed by atoms with Crippen molar-refractivity contribution in [1.82, 2.24) is 5.16 Å². The number of rotatable bonds is 4. The molecule has 1 aromatic heterocycles. The fraction of sp³-hybridized carbons (Fsp3) is 0.375. The van der Waals surface area contributed by atoms with E-state index in [0.717, 1.165) is 0 Å². The summed E-state index contributed by atoms with van der Waals surface area (Å²) in [6.07, 6.45) is -0.687. The van der Waals surface area contributed by atoms with Crippen LogP contribution in [0.25, 0.3) is 0 Å². The van der Waals surface area contributed by atoms with Crippen LogP contribution in [0, 0.1) is 0 Å². The van der Waals surface area contributed by atoms with Crippen molar-refractivity contribution in [3.05, 3.63) is 41.1 Å². The summed E-state index contributed by atoms with van der Waals surface area (Å²) in [5.41, 5.74) is -0.168. The van der Waals surface area contributed by atoms with Gasteiger partial charge in [0.05, 0.1) is 0 Å². The minimum atomic E-state index is -0.687. The molecule has 1 aromatic carbocycles. The predicted molar refractivity (Wildman–Crippen MR) is 85.4 cm³/mol. The third kappa shape index (κ3) is 4.24. The van der Waals surface area contributed by atoms with Gasteiger partial charge in [0.25, 0.3) is 5.91 Å². The van der Waals surface area contributed by atoms with Crippen molar-refractivity contribution in [3.8, 4) is 5.75 Å². The van der Waals surface area contributed by atoms with Crippen LogP contribution in [0.2, 0.25) is 5.02 Å². The smallest absolute Gasteiger partial charge is 0.266 e. The lowest BCUT2D eigenvalue weighted by atomic mass is 9.93. The molecule has 2 aromatic rings. The van der Waals surface area contributed by atoms with Crippen LogP contribution in [-0.4, -0.2) is 17.2 Å². The molecule has 118 valence electrons. The van der Waals surface area contributed by atoms with E-state index in [9.17, 15) is 4.79 Å². The highest BCUT2D eigenvalue weighted by Crippen LogP contribution is 2.24. The Kier molecular flexibility index (Phi) is 4.76. The van der Waals surface area contributed by atoms with Gasteiger partial charge in [-0.2, -0.15) is 0 Å². The molecule has 5 nitrogen and oxygen atoms in total. The first-order chi connectivity index (χ1) is 10.3. The number of nitrogens with one attached hydrogen (secondary N) is 1. The van der Waals surface area contributed by atoms with Crippen molar-refractivity contribution in [2.24, 2.45) is 0 Å². The van der Waals surface area contributed by atoms with Crippen LogP contribution < -0.4 is 10.1 Å². The number of ether oxygens (including phenoxy) is 1. The minimum Gasteiger partial charge on any atom is -0.481 e. The first-order valence-electron chi connectivity index (χ1n) is 6.96. The van der Waals surface area contributed by atoms with Gasteiger partial charge in [-0.05, 0) is 25.1 Å². The fourth-order valence-electron chi connectivity index (χ4n) is 1.71. The summed E-state index contributed by atoms with van der Waals surface area (Å²) >= 11 is 5.88. The SMILES string of the molecule is CC(Oc1cccc(Cl)c1)C(=O)Nc1cc(C(C)(C)C)on1. The Balaban J connectivity index is 1.98. The van der Waals surface area contributed by atoms with Gasteiger partial charge in [0.15, 0.2) is 11.9 Å². The first-order valence-corrected chi connectivity index (χ1v) is 7.34. The number of hydrogen-bond donors (Lipinski definition) is 1. The zero-order chi connectivity index (χ0) is 16.3. The van der Waals surface area contributed by atoms with Crippen LogP contribution in [0.1, 0.15) is 33.5 Å². The first kappa shape index (κ1) is 16.4. The molecule has 2 rings (SSSR count). The zero-order valence-electron chi connectivity index (χ0n) is 13.0. The van der Waals surface area contributed by atoms with E-state index in [-0.39, 0.29) is 11.3 Å². The van der Waals surface area contributed by atoms with Crippen LogP contribution in [-0.2, 0) is 10.2 Å². The maximum absolute atomic E-state index is 12.1. The number of benzene rings is 1. The second-order valence-corrected chi connectivity index (χ2v) is 6.47. The molecular formula is C16H19ClN2O3. The number of amides is 1. The van der Waals surface area contributed by atoms with Crippen LogP contribution in [0.15, 0.2) is 34.9 Å². The Bertz CT molecular complexity index is 661. The van der Waals surface area contributed by atoms with Crippen LogP contribution in [0.4, 0.5) is 5.82 Å². The third-order valence-corrected chi connectivity index (χ3v) is 3.21. The Morgan fingerprint density at radius 2 is 2.09 bits per heavy atom. The van der Waals surface area contributed by atoms with E-state index < -0.39 is 6.10 Å². The molecule has 0 bridgehead atoms. The second kappa shape index (κ2) is 6.40. The van der Waals surface area contributed by atoms with Gasteiger partial charge in [0, 0.05) is 16.5 Å². The fourth-order valence-corrected chi connectivity index (χ4v) is 1.89. The molecule has 0 spiro atoms. The van der Waals surface area contributed by atoms with Crippen LogP contribution >= 0.6 is 11.6 Å². The van der Waals surface area contributed by atoms with Gasteiger partial charge in [-0.25, -0.2) is 0 Å². The third-order valence-electron chi connectivity index (χ3n) is 2.98. The molecule has 1 N–H and O–H groups in total. The summed E-state index contributed by atoms with van der Waals surface area (Å²) in [5.74, 6) is 1.29. The van der Waals surface area contributed by atoms with E-state index in [1.807, 2.05) is 20.8 Å². The van der Waals surface area contributed by atoms with E-state index in [1.165, 1.54) is 0 Å². The topological polar surface area (TPSA) is 64.4 Å². The summed E-state index contributed by atoms with van der Waals surface area (Å²) < 4.78 is 10.8. The molecule has 1 unspecified atom stereocenters. The number of anilines is 1. The van der Waals surface area contributed by atoms with Gasteiger partial charge in [0.2, 0.25) is 0 Å². The molecule has 0 aliphatic heterocycles. The standard InChI is InChI=1S/C16H19ClN2O3/c1-10(21-12-7-5-6-11(17)8-12)15(20)18-14-9-13(22-19-14)16(2,3)4/h5-10H,1-4H3,(H,18,19,20). The molecule has 0 saturated carbocycles. The van der Waals surface area contributed by atoms with Gasteiger partial charge in [-0.3, -0.25) is 4.79 Å². The highest BCUT2D eigenvalue weighted by atomic mass is 35.5. The number of halogens is 1. The number of nitrogens with zero attached hydrogens (tertiary/aromatic N) is 1. The average molecular weight is 323 g/mol.